The van der Waals surface area contributed by atoms with Crippen LogP contribution in [0, 0.1) is 17.2 Å². The van der Waals surface area contributed by atoms with E-state index in [2.05, 4.69) is 0 Å². The van der Waals surface area contributed by atoms with Gasteiger partial charge in [0.15, 0.2) is 0 Å². The van der Waals surface area contributed by atoms with Crippen molar-refractivity contribution in [2.45, 2.75) is 26.7 Å². The third-order valence-electron chi connectivity index (χ3n) is 1.41. The van der Waals surface area contributed by atoms with Crippen LogP contribution in [0.25, 0.3) is 0 Å². The Bertz CT molecular complexity index is 134. The fraction of sp³-hybridized carbons (Fsp3) is 0.714. The Kier molecular flexibility index (Phi) is 3.70. The molecule has 0 heterocycles. The normalized spacial score (nSPS) is 12.1. The lowest BCUT2D eigenvalue weighted by molar-refractivity contribution is -0.120. The number of Topliss-reactive ketones (excluding diaryl/α,β-unsaturated/α-hetero) is 1. The zero-order valence-electron chi connectivity index (χ0n) is 5.85. The van der Waals surface area contributed by atoms with Crippen molar-refractivity contribution in [3.05, 3.63) is 0 Å². The van der Waals surface area contributed by atoms with Gasteiger partial charge in [0.1, 0.15) is 5.78 Å². The highest BCUT2D eigenvalue weighted by molar-refractivity contribution is 5.78. The van der Waals surface area contributed by atoms with E-state index in [4.69, 9.17) is 5.26 Å². The predicted octanol–water partition coefficient (Wildman–Crippen LogP) is 1.52. The summed E-state index contributed by atoms with van der Waals surface area (Å²) < 4.78 is 0. The second-order valence-corrected chi connectivity index (χ2v) is 2.08. The summed E-state index contributed by atoms with van der Waals surface area (Å²) in [5.41, 5.74) is 0. The largest absolute Gasteiger partial charge is 0.300 e. The van der Waals surface area contributed by atoms with Gasteiger partial charge in [0, 0.05) is 12.3 Å². The molecule has 0 saturated heterocycles. The maximum atomic E-state index is 10.6. The molecule has 0 aromatic carbocycles. The number of rotatable bonds is 3. The summed E-state index contributed by atoms with van der Waals surface area (Å²) in [6, 6.07) is 1.98. The van der Waals surface area contributed by atoms with Gasteiger partial charge in [-0.25, -0.2) is 0 Å². The molecule has 0 aliphatic carbocycles. The molecule has 0 N–H and O–H groups in total. The molecular formula is C7H11NO. The Labute approximate surface area is 55.5 Å². The minimum atomic E-state index is -0.0324. The topological polar surface area (TPSA) is 40.9 Å². The SMILES string of the molecule is CCC(CC#N)C(C)=O. The standard InChI is InChI=1S/C7H11NO/c1-3-7(4-5-8)6(2)9/h7H,3-4H2,1-2H3. The van der Waals surface area contributed by atoms with Crippen molar-refractivity contribution < 1.29 is 4.79 Å². The van der Waals surface area contributed by atoms with Gasteiger partial charge in [-0.05, 0) is 13.3 Å². The molecule has 50 valence electrons. The first kappa shape index (κ1) is 8.16. The summed E-state index contributed by atoms with van der Waals surface area (Å²) in [4.78, 5) is 10.6. The lowest BCUT2D eigenvalue weighted by atomic mass is 9.99. The first-order valence-electron chi connectivity index (χ1n) is 3.09. The molecule has 0 amide bonds. The van der Waals surface area contributed by atoms with Crippen LogP contribution in [-0.2, 0) is 4.79 Å². The number of hydrogen-bond donors (Lipinski definition) is 0. The molecule has 0 aliphatic heterocycles. The highest BCUT2D eigenvalue weighted by Crippen LogP contribution is 2.07. The predicted molar refractivity (Wildman–Crippen MR) is 34.7 cm³/mol. The molecule has 0 aliphatic rings. The molecule has 9 heavy (non-hydrogen) atoms. The van der Waals surface area contributed by atoms with Crippen molar-refractivity contribution in [1.29, 1.82) is 5.26 Å². The number of ketones is 1. The molecule has 2 nitrogen and oxygen atoms in total. The molecule has 0 aromatic rings. The molecule has 0 radical (unpaired) electrons. The number of carbonyl (C=O) groups is 1. The fourth-order valence-electron chi connectivity index (χ4n) is 0.686. The monoisotopic (exact) mass is 125 g/mol. The highest BCUT2D eigenvalue weighted by Gasteiger charge is 2.09. The van der Waals surface area contributed by atoms with Crippen molar-refractivity contribution in [2.75, 3.05) is 0 Å². The maximum Gasteiger partial charge on any atom is 0.133 e. The average molecular weight is 125 g/mol. The minimum Gasteiger partial charge on any atom is -0.300 e. The van der Waals surface area contributed by atoms with Crippen molar-refractivity contribution >= 4 is 5.78 Å². The Hall–Kier alpha value is -0.840. The molecule has 0 saturated carbocycles. The van der Waals surface area contributed by atoms with Crippen molar-refractivity contribution in [3.8, 4) is 6.07 Å². The first-order valence-corrected chi connectivity index (χ1v) is 3.09. The highest BCUT2D eigenvalue weighted by atomic mass is 16.1. The van der Waals surface area contributed by atoms with E-state index < -0.39 is 0 Å². The number of carbonyl (C=O) groups excluding carboxylic acids is 1. The Morgan fingerprint density at radius 1 is 1.78 bits per heavy atom. The molecule has 0 spiro atoms. The van der Waals surface area contributed by atoms with Gasteiger partial charge in [-0.2, -0.15) is 5.26 Å². The summed E-state index contributed by atoms with van der Waals surface area (Å²) in [6.45, 7) is 3.45. The zero-order valence-corrected chi connectivity index (χ0v) is 5.85. The first-order chi connectivity index (χ1) is 4.22. The van der Waals surface area contributed by atoms with E-state index in [0.29, 0.717) is 6.42 Å². The van der Waals surface area contributed by atoms with Gasteiger partial charge in [-0.15, -0.1) is 0 Å². The molecule has 0 bridgehead atoms. The minimum absolute atomic E-state index is 0.0324. The molecule has 2 heteroatoms. The Morgan fingerprint density at radius 3 is 2.44 bits per heavy atom. The van der Waals surface area contributed by atoms with Crippen LogP contribution >= 0.6 is 0 Å². The van der Waals surface area contributed by atoms with Gasteiger partial charge in [0.05, 0.1) is 6.07 Å². The second-order valence-electron chi connectivity index (χ2n) is 2.08. The molecule has 1 unspecified atom stereocenters. The van der Waals surface area contributed by atoms with Gasteiger partial charge in [0.2, 0.25) is 0 Å². The van der Waals surface area contributed by atoms with E-state index in [1.165, 1.54) is 6.92 Å². The van der Waals surface area contributed by atoms with Crippen LogP contribution < -0.4 is 0 Å². The van der Waals surface area contributed by atoms with Gasteiger partial charge in [-0.1, -0.05) is 6.92 Å². The zero-order chi connectivity index (χ0) is 7.28. The van der Waals surface area contributed by atoms with Crippen molar-refractivity contribution in [3.63, 3.8) is 0 Å². The summed E-state index contributed by atoms with van der Waals surface area (Å²) in [5, 5.41) is 8.21. The van der Waals surface area contributed by atoms with E-state index in [0.717, 1.165) is 6.42 Å². The van der Waals surface area contributed by atoms with Crippen LogP contribution in [0.2, 0.25) is 0 Å². The van der Waals surface area contributed by atoms with E-state index in [-0.39, 0.29) is 11.7 Å². The third-order valence-corrected chi connectivity index (χ3v) is 1.41. The second kappa shape index (κ2) is 4.08. The smallest absolute Gasteiger partial charge is 0.133 e. The van der Waals surface area contributed by atoms with E-state index in [1.54, 1.807) is 0 Å². The Balaban J connectivity index is 3.71. The summed E-state index contributed by atoms with van der Waals surface area (Å²) in [7, 11) is 0. The number of nitrogens with zero attached hydrogens (tertiary/aromatic N) is 1. The lowest BCUT2D eigenvalue weighted by Crippen LogP contribution is -2.07. The van der Waals surface area contributed by atoms with E-state index >= 15 is 0 Å². The summed E-state index contributed by atoms with van der Waals surface area (Å²) >= 11 is 0. The van der Waals surface area contributed by atoms with Crippen LogP contribution in [0.5, 0.6) is 0 Å². The van der Waals surface area contributed by atoms with Crippen molar-refractivity contribution in [2.24, 2.45) is 5.92 Å². The van der Waals surface area contributed by atoms with Crippen LogP contribution in [-0.4, -0.2) is 5.78 Å². The van der Waals surface area contributed by atoms with Crippen LogP contribution in [0.3, 0.4) is 0 Å². The maximum absolute atomic E-state index is 10.6. The molecular weight excluding hydrogens is 114 g/mol. The van der Waals surface area contributed by atoms with Crippen LogP contribution in [0.1, 0.15) is 26.7 Å². The van der Waals surface area contributed by atoms with Gasteiger partial charge >= 0.3 is 0 Å². The summed E-state index contributed by atoms with van der Waals surface area (Å²) in [5.74, 6) is 0.0917. The number of hydrogen-bond acceptors (Lipinski definition) is 2. The number of nitriles is 1. The average Bonchev–Trinajstić information content (AvgIpc) is 1.82. The molecule has 0 fully saturated rings. The van der Waals surface area contributed by atoms with Crippen molar-refractivity contribution in [1.82, 2.24) is 0 Å². The summed E-state index contributed by atoms with van der Waals surface area (Å²) in [6.07, 6.45) is 1.15. The molecule has 0 rings (SSSR count). The van der Waals surface area contributed by atoms with Crippen LogP contribution in [0.4, 0.5) is 0 Å². The molecule has 1 atom stereocenters. The lowest BCUT2D eigenvalue weighted by Gasteiger charge is -2.02. The van der Waals surface area contributed by atoms with Gasteiger partial charge in [0.25, 0.3) is 0 Å². The van der Waals surface area contributed by atoms with Gasteiger partial charge in [-0.3, -0.25) is 4.79 Å². The quantitative estimate of drug-likeness (QED) is 0.573. The third kappa shape index (κ3) is 2.86. The van der Waals surface area contributed by atoms with Crippen LogP contribution in [0.15, 0.2) is 0 Å². The molecule has 0 aromatic heterocycles. The van der Waals surface area contributed by atoms with Gasteiger partial charge < -0.3 is 0 Å². The van der Waals surface area contributed by atoms with E-state index in [9.17, 15) is 4.79 Å². The fourth-order valence-corrected chi connectivity index (χ4v) is 0.686. The van der Waals surface area contributed by atoms with E-state index in [1.807, 2.05) is 13.0 Å². The Morgan fingerprint density at radius 2 is 2.33 bits per heavy atom.